The number of thiophene rings is 1. The standard InChI is InChI=1S/C21H25BrN2O5S2/c1-20(2,3)29-18(25)14-21(16-7-8-17(22)30-16)9-11-24(12-13-31(21,27)28)19(26)15-6-4-5-10-23-15/h4-8,10H,9,11-14H2,1-3H3/t21-/m0/s1. The number of hydrogen-bond acceptors (Lipinski definition) is 7. The van der Waals surface area contributed by atoms with Crippen molar-refractivity contribution < 1.29 is 22.7 Å². The van der Waals surface area contributed by atoms with Gasteiger partial charge in [-0.2, -0.15) is 0 Å². The van der Waals surface area contributed by atoms with Gasteiger partial charge in [0.15, 0.2) is 9.84 Å². The van der Waals surface area contributed by atoms with E-state index >= 15 is 0 Å². The molecule has 31 heavy (non-hydrogen) atoms. The molecule has 0 bridgehead atoms. The Bertz CT molecular complexity index is 1060. The first-order valence-corrected chi connectivity index (χ1v) is 13.1. The maximum absolute atomic E-state index is 13.6. The molecule has 168 valence electrons. The number of ether oxygens (including phenoxy) is 1. The molecular formula is C21H25BrN2O5S2. The number of pyridine rings is 1. The smallest absolute Gasteiger partial charge is 0.308 e. The molecule has 0 radical (unpaired) electrons. The molecule has 0 aromatic carbocycles. The number of rotatable bonds is 4. The van der Waals surface area contributed by atoms with E-state index in [1.165, 1.54) is 22.4 Å². The predicted octanol–water partition coefficient (Wildman–Crippen LogP) is 3.79. The highest BCUT2D eigenvalue weighted by Crippen LogP contribution is 2.44. The van der Waals surface area contributed by atoms with E-state index in [9.17, 15) is 18.0 Å². The third-order valence-corrected chi connectivity index (χ3v) is 9.49. The molecule has 3 heterocycles. The van der Waals surface area contributed by atoms with E-state index in [1.807, 2.05) is 0 Å². The Balaban J connectivity index is 1.97. The van der Waals surface area contributed by atoms with Crippen LogP contribution in [0, 0.1) is 0 Å². The van der Waals surface area contributed by atoms with E-state index in [0.29, 0.717) is 4.88 Å². The average Bonchev–Trinajstić information content (AvgIpc) is 3.06. The molecule has 10 heteroatoms. The van der Waals surface area contributed by atoms with E-state index in [4.69, 9.17) is 4.74 Å². The summed E-state index contributed by atoms with van der Waals surface area (Å²) in [5, 5.41) is 0. The van der Waals surface area contributed by atoms with Crippen LogP contribution in [0.5, 0.6) is 0 Å². The number of hydrogen-bond donors (Lipinski definition) is 0. The molecule has 3 rings (SSSR count). The SMILES string of the molecule is CC(C)(C)OC(=O)C[C@]1(c2ccc(Br)s2)CCN(C(=O)c2ccccn2)CCS1(=O)=O. The van der Waals surface area contributed by atoms with Gasteiger partial charge in [0.2, 0.25) is 0 Å². The molecule has 0 saturated carbocycles. The van der Waals surface area contributed by atoms with Crippen LogP contribution in [0.25, 0.3) is 0 Å². The molecule has 1 amide bonds. The van der Waals surface area contributed by atoms with Crippen LogP contribution in [-0.2, 0) is 24.1 Å². The third-order valence-electron chi connectivity index (χ3n) is 5.05. The molecule has 1 fully saturated rings. The first-order chi connectivity index (χ1) is 14.4. The molecule has 1 aliphatic heterocycles. The van der Waals surface area contributed by atoms with Crippen molar-refractivity contribution in [3.05, 3.63) is 50.9 Å². The lowest BCUT2D eigenvalue weighted by Crippen LogP contribution is -2.40. The zero-order valence-electron chi connectivity index (χ0n) is 17.6. The van der Waals surface area contributed by atoms with Crippen molar-refractivity contribution in [3.63, 3.8) is 0 Å². The van der Waals surface area contributed by atoms with E-state index in [0.717, 1.165) is 3.79 Å². The van der Waals surface area contributed by atoms with Gasteiger partial charge in [-0.15, -0.1) is 11.3 Å². The van der Waals surface area contributed by atoms with Crippen LogP contribution < -0.4 is 0 Å². The van der Waals surface area contributed by atoms with Crippen molar-refractivity contribution in [3.8, 4) is 0 Å². The van der Waals surface area contributed by atoms with Crippen LogP contribution in [0.2, 0.25) is 0 Å². The molecule has 0 unspecified atom stereocenters. The van der Waals surface area contributed by atoms with Gasteiger partial charge >= 0.3 is 5.97 Å². The van der Waals surface area contributed by atoms with Crippen LogP contribution in [0.3, 0.4) is 0 Å². The Kier molecular flexibility index (Phi) is 6.93. The van der Waals surface area contributed by atoms with Crippen LogP contribution in [-0.4, -0.2) is 54.6 Å². The maximum Gasteiger partial charge on any atom is 0.308 e. The summed E-state index contributed by atoms with van der Waals surface area (Å²) in [4.78, 5) is 31.8. The highest BCUT2D eigenvalue weighted by atomic mass is 79.9. The Morgan fingerprint density at radius 3 is 2.55 bits per heavy atom. The Hall–Kier alpha value is -1.78. The number of esters is 1. The van der Waals surface area contributed by atoms with Crippen LogP contribution >= 0.6 is 27.3 Å². The first kappa shape index (κ1) is 23.9. The molecule has 1 atom stereocenters. The van der Waals surface area contributed by atoms with Crippen LogP contribution in [0.4, 0.5) is 0 Å². The quantitative estimate of drug-likeness (QED) is 0.560. The Morgan fingerprint density at radius 2 is 1.97 bits per heavy atom. The van der Waals surface area contributed by atoms with Crippen LogP contribution in [0.1, 0.15) is 49.0 Å². The summed E-state index contributed by atoms with van der Waals surface area (Å²) >= 11 is 4.68. The highest BCUT2D eigenvalue weighted by Gasteiger charge is 2.50. The normalized spacial score (nSPS) is 21.4. The lowest BCUT2D eigenvalue weighted by Gasteiger charge is -2.31. The van der Waals surface area contributed by atoms with Gasteiger partial charge in [-0.05, 0) is 67.4 Å². The zero-order chi connectivity index (χ0) is 22.9. The van der Waals surface area contributed by atoms with Gasteiger partial charge in [0.25, 0.3) is 5.91 Å². The molecule has 7 nitrogen and oxygen atoms in total. The van der Waals surface area contributed by atoms with E-state index in [1.54, 1.807) is 51.1 Å². The molecule has 1 saturated heterocycles. The minimum Gasteiger partial charge on any atom is -0.460 e. The van der Waals surface area contributed by atoms with Crippen molar-refractivity contribution >= 4 is 49.0 Å². The molecule has 1 aliphatic rings. The lowest BCUT2D eigenvalue weighted by molar-refractivity contribution is -0.155. The second-order valence-corrected chi connectivity index (χ2v) is 13.3. The average molecular weight is 529 g/mol. The Morgan fingerprint density at radius 1 is 1.23 bits per heavy atom. The highest BCUT2D eigenvalue weighted by molar-refractivity contribution is 9.11. The van der Waals surface area contributed by atoms with Crippen molar-refractivity contribution in [2.45, 2.75) is 44.0 Å². The second kappa shape index (κ2) is 8.99. The summed E-state index contributed by atoms with van der Waals surface area (Å²) in [6.45, 7) is 5.46. The van der Waals surface area contributed by atoms with Gasteiger partial charge in [-0.1, -0.05) is 6.07 Å². The largest absolute Gasteiger partial charge is 0.460 e. The summed E-state index contributed by atoms with van der Waals surface area (Å²) in [7, 11) is -3.79. The van der Waals surface area contributed by atoms with Gasteiger partial charge in [-0.25, -0.2) is 8.42 Å². The Labute approximate surface area is 194 Å². The summed E-state index contributed by atoms with van der Waals surface area (Å²) < 4.78 is 31.9. The molecule has 0 aliphatic carbocycles. The van der Waals surface area contributed by atoms with E-state index in [-0.39, 0.29) is 43.3 Å². The maximum atomic E-state index is 13.6. The predicted molar refractivity (Wildman–Crippen MR) is 123 cm³/mol. The van der Waals surface area contributed by atoms with Gasteiger partial charge < -0.3 is 9.64 Å². The van der Waals surface area contributed by atoms with Gasteiger partial charge in [0.05, 0.1) is 16.0 Å². The van der Waals surface area contributed by atoms with Gasteiger partial charge in [0.1, 0.15) is 16.0 Å². The first-order valence-electron chi connectivity index (χ1n) is 9.84. The fourth-order valence-corrected chi connectivity index (χ4v) is 7.56. The van der Waals surface area contributed by atoms with Crippen molar-refractivity contribution in [1.29, 1.82) is 0 Å². The van der Waals surface area contributed by atoms with E-state index in [2.05, 4.69) is 20.9 Å². The second-order valence-electron chi connectivity index (χ2n) is 8.44. The van der Waals surface area contributed by atoms with Crippen LogP contribution in [0.15, 0.2) is 40.3 Å². The van der Waals surface area contributed by atoms with Crippen molar-refractivity contribution in [2.24, 2.45) is 0 Å². The van der Waals surface area contributed by atoms with Gasteiger partial charge in [0, 0.05) is 24.2 Å². The fraction of sp³-hybridized carbons (Fsp3) is 0.476. The van der Waals surface area contributed by atoms with Gasteiger partial charge in [-0.3, -0.25) is 14.6 Å². The number of sulfone groups is 1. The number of halogens is 1. The van der Waals surface area contributed by atoms with Crippen molar-refractivity contribution in [1.82, 2.24) is 9.88 Å². The molecule has 2 aromatic heterocycles. The number of carbonyl (C=O) groups excluding carboxylic acids is 2. The zero-order valence-corrected chi connectivity index (χ0v) is 20.8. The van der Waals surface area contributed by atoms with Crippen molar-refractivity contribution in [2.75, 3.05) is 18.8 Å². The third kappa shape index (κ3) is 5.35. The fourth-order valence-electron chi connectivity index (χ4n) is 3.59. The number of nitrogens with zero attached hydrogens (tertiary/aromatic N) is 2. The number of aromatic nitrogens is 1. The van der Waals surface area contributed by atoms with E-state index < -0.39 is 26.2 Å². The summed E-state index contributed by atoms with van der Waals surface area (Å²) in [5.74, 6) is -1.15. The summed E-state index contributed by atoms with van der Waals surface area (Å²) in [6, 6.07) is 8.53. The monoisotopic (exact) mass is 528 g/mol. The minimum atomic E-state index is -3.79. The molecular weight excluding hydrogens is 504 g/mol. The summed E-state index contributed by atoms with van der Waals surface area (Å²) in [6.07, 6.45) is 1.32. The lowest BCUT2D eigenvalue weighted by atomic mass is 9.97. The molecule has 0 N–H and O–H groups in total. The topological polar surface area (TPSA) is 93.6 Å². The number of carbonyl (C=O) groups is 2. The molecule has 0 spiro atoms. The minimum absolute atomic E-state index is 0.0420. The number of amides is 1. The summed E-state index contributed by atoms with van der Waals surface area (Å²) in [5.41, 5.74) is -0.470. The molecule has 2 aromatic rings.